The summed E-state index contributed by atoms with van der Waals surface area (Å²) in [5, 5.41) is 2.98. The van der Waals surface area contributed by atoms with E-state index in [4.69, 9.17) is 4.74 Å². The van der Waals surface area contributed by atoms with Crippen LogP contribution < -0.4 is 10.1 Å². The molecule has 5 heteroatoms. The Morgan fingerprint density at radius 1 is 1.00 bits per heavy atom. The minimum absolute atomic E-state index is 0.206. The van der Waals surface area contributed by atoms with Crippen molar-refractivity contribution < 1.29 is 13.9 Å². The van der Waals surface area contributed by atoms with Crippen molar-refractivity contribution in [1.29, 1.82) is 0 Å². The molecule has 0 heterocycles. The number of benzene rings is 3. The normalized spacial score (nSPS) is 11.9. The third-order valence-electron chi connectivity index (χ3n) is 4.63. The fourth-order valence-electron chi connectivity index (χ4n) is 3.28. The number of nitrogens with one attached hydrogen (secondary N) is 1. The third-order valence-corrected chi connectivity index (χ3v) is 4.63. The molecule has 0 saturated carbocycles. The highest BCUT2D eigenvalue weighted by Gasteiger charge is 2.26. The number of carbonyl (C=O) groups excluding carboxylic acids is 1. The second-order valence-electron chi connectivity index (χ2n) is 6.74. The predicted octanol–water partition coefficient (Wildman–Crippen LogP) is 5.04. The molecule has 29 heavy (non-hydrogen) atoms. The van der Waals surface area contributed by atoms with Crippen LogP contribution in [-0.2, 0) is 11.3 Å². The van der Waals surface area contributed by atoms with Gasteiger partial charge in [-0.3, -0.25) is 9.69 Å². The first-order valence-electron chi connectivity index (χ1n) is 9.61. The molecular formula is C24H25FN2O2. The van der Waals surface area contributed by atoms with Crippen LogP contribution in [0.25, 0.3) is 0 Å². The molecule has 0 spiro atoms. The number of hydrogen-bond acceptors (Lipinski definition) is 3. The SMILES string of the molecule is CCOc1ccccc1NC(=O)C(c1ccccc1)N(C)Cc1ccccc1F. The van der Waals surface area contributed by atoms with E-state index in [2.05, 4.69) is 5.32 Å². The molecule has 0 aromatic heterocycles. The van der Waals surface area contributed by atoms with Gasteiger partial charge in [0, 0.05) is 12.1 Å². The standard InChI is InChI=1S/C24H25FN2O2/c1-3-29-22-16-10-9-15-21(22)26-24(28)23(18-11-5-4-6-12-18)27(2)17-19-13-7-8-14-20(19)25/h4-16,23H,3,17H2,1-2H3,(H,26,28). The average Bonchev–Trinajstić information content (AvgIpc) is 2.72. The Bertz CT molecular complexity index is 946. The maximum Gasteiger partial charge on any atom is 0.246 e. The lowest BCUT2D eigenvalue weighted by molar-refractivity contribution is -0.121. The van der Waals surface area contributed by atoms with Crippen molar-refractivity contribution in [3.8, 4) is 5.75 Å². The molecule has 1 atom stereocenters. The first kappa shape index (κ1) is 20.6. The Balaban J connectivity index is 1.88. The quantitative estimate of drug-likeness (QED) is 0.584. The molecule has 0 aliphatic carbocycles. The maximum atomic E-state index is 14.2. The number of likely N-dealkylation sites (N-methyl/N-ethyl adjacent to an activating group) is 1. The van der Waals surface area contributed by atoms with Crippen LogP contribution in [0.4, 0.5) is 10.1 Å². The molecule has 1 amide bonds. The van der Waals surface area contributed by atoms with Crippen LogP contribution in [0.5, 0.6) is 5.75 Å². The van der Waals surface area contributed by atoms with E-state index < -0.39 is 6.04 Å². The topological polar surface area (TPSA) is 41.6 Å². The van der Waals surface area contributed by atoms with Gasteiger partial charge in [-0.25, -0.2) is 4.39 Å². The molecule has 0 aliphatic heterocycles. The number of rotatable bonds is 8. The molecule has 150 valence electrons. The van der Waals surface area contributed by atoms with E-state index in [-0.39, 0.29) is 11.7 Å². The molecule has 3 aromatic carbocycles. The summed E-state index contributed by atoms with van der Waals surface area (Å²) in [5.41, 5.74) is 1.98. The molecule has 0 saturated heterocycles. The van der Waals surface area contributed by atoms with Crippen LogP contribution in [0.15, 0.2) is 78.9 Å². The van der Waals surface area contributed by atoms with E-state index in [0.29, 0.717) is 30.2 Å². The number of para-hydroxylation sites is 2. The van der Waals surface area contributed by atoms with Crippen molar-refractivity contribution in [1.82, 2.24) is 4.90 Å². The molecular weight excluding hydrogens is 367 g/mol. The number of anilines is 1. The number of ether oxygens (including phenoxy) is 1. The first-order chi connectivity index (χ1) is 14.1. The van der Waals surface area contributed by atoms with Gasteiger partial charge in [-0.05, 0) is 37.7 Å². The Labute approximate surface area is 170 Å². The van der Waals surface area contributed by atoms with Crippen LogP contribution in [0.3, 0.4) is 0 Å². The van der Waals surface area contributed by atoms with Gasteiger partial charge in [0.25, 0.3) is 0 Å². The van der Waals surface area contributed by atoms with Gasteiger partial charge < -0.3 is 10.1 Å². The molecule has 1 N–H and O–H groups in total. The Kier molecular flexibility index (Phi) is 6.98. The lowest BCUT2D eigenvalue weighted by atomic mass is 10.0. The van der Waals surface area contributed by atoms with Crippen molar-refractivity contribution >= 4 is 11.6 Å². The summed E-state index contributed by atoms with van der Waals surface area (Å²) in [7, 11) is 1.82. The Morgan fingerprint density at radius 3 is 2.38 bits per heavy atom. The number of nitrogens with zero attached hydrogens (tertiary/aromatic N) is 1. The second-order valence-corrected chi connectivity index (χ2v) is 6.74. The van der Waals surface area contributed by atoms with Crippen molar-refractivity contribution in [2.75, 3.05) is 19.0 Å². The second kappa shape index (κ2) is 9.85. The molecule has 3 rings (SSSR count). The fraction of sp³-hybridized carbons (Fsp3) is 0.208. The van der Waals surface area contributed by atoms with E-state index in [1.807, 2.05) is 73.5 Å². The van der Waals surface area contributed by atoms with Gasteiger partial charge in [0.05, 0.1) is 12.3 Å². The molecule has 0 fully saturated rings. The van der Waals surface area contributed by atoms with Crippen LogP contribution >= 0.6 is 0 Å². The highest BCUT2D eigenvalue weighted by atomic mass is 19.1. The van der Waals surface area contributed by atoms with E-state index in [9.17, 15) is 9.18 Å². The molecule has 4 nitrogen and oxygen atoms in total. The minimum Gasteiger partial charge on any atom is -0.492 e. The lowest BCUT2D eigenvalue weighted by Crippen LogP contribution is -2.34. The molecule has 0 aliphatic rings. The third kappa shape index (κ3) is 5.21. The van der Waals surface area contributed by atoms with Gasteiger partial charge in [0.15, 0.2) is 0 Å². The van der Waals surface area contributed by atoms with Crippen LogP contribution in [0.1, 0.15) is 24.1 Å². The van der Waals surface area contributed by atoms with Crippen LogP contribution in [0, 0.1) is 5.82 Å². The summed E-state index contributed by atoms with van der Waals surface area (Å²) < 4.78 is 19.8. The maximum absolute atomic E-state index is 14.2. The largest absolute Gasteiger partial charge is 0.492 e. The van der Waals surface area contributed by atoms with Crippen molar-refractivity contribution in [3.05, 3.63) is 95.8 Å². The zero-order valence-electron chi connectivity index (χ0n) is 16.6. The molecule has 3 aromatic rings. The van der Waals surface area contributed by atoms with Crippen molar-refractivity contribution in [2.24, 2.45) is 0 Å². The number of amides is 1. The Hall–Kier alpha value is -3.18. The van der Waals surface area contributed by atoms with E-state index in [1.54, 1.807) is 18.2 Å². The molecule has 1 unspecified atom stereocenters. The summed E-state index contributed by atoms with van der Waals surface area (Å²) in [6, 6.07) is 22.8. The number of hydrogen-bond donors (Lipinski definition) is 1. The minimum atomic E-state index is -0.592. The van der Waals surface area contributed by atoms with Gasteiger partial charge in [-0.15, -0.1) is 0 Å². The number of carbonyl (C=O) groups is 1. The van der Waals surface area contributed by atoms with Crippen molar-refractivity contribution in [2.45, 2.75) is 19.5 Å². The molecule has 0 bridgehead atoms. The monoisotopic (exact) mass is 392 g/mol. The Morgan fingerprint density at radius 2 is 1.66 bits per heavy atom. The van der Waals surface area contributed by atoms with Crippen LogP contribution in [-0.4, -0.2) is 24.5 Å². The summed E-state index contributed by atoms with van der Waals surface area (Å²) in [5.74, 6) is 0.127. The predicted molar refractivity (Wildman–Crippen MR) is 113 cm³/mol. The fourth-order valence-corrected chi connectivity index (χ4v) is 3.28. The van der Waals surface area contributed by atoms with E-state index in [1.165, 1.54) is 6.07 Å². The van der Waals surface area contributed by atoms with Gasteiger partial charge in [-0.1, -0.05) is 60.7 Å². The van der Waals surface area contributed by atoms with Gasteiger partial charge in [-0.2, -0.15) is 0 Å². The zero-order valence-corrected chi connectivity index (χ0v) is 16.6. The highest BCUT2D eigenvalue weighted by Crippen LogP contribution is 2.28. The average molecular weight is 392 g/mol. The van der Waals surface area contributed by atoms with Gasteiger partial charge in [0.1, 0.15) is 17.6 Å². The summed E-state index contributed by atoms with van der Waals surface area (Å²) in [6.45, 7) is 2.70. The van der Waals surface area contributed by atoms with Gasteiger partial charge >= 0.3 is 0 Å². The van der Waals surface area contributed by atoms with Crippen LogP contribution in [0.2, 0.25) is 0 Å². The number of halogens is 1. The lowest BCUT2D eigenvalue weighted by Gasteiger charge is -2.28. The van der Waals surface area contributed by atoms with E-state index >= 15 is 0 Å². The smallest absolute Gasteiger partial charge is 0.246 e. The summed E-state index contributed by atoms with van der Waals surface area (Å²) in [6.07, 6.45) is 0. The summed E-state index contributed by atoms with van der Waals surface area (Å²) in [4.78, 5) is 15.1. The van der Waals surface area contributed by atoms with Crippen molar-refractivity contribution in [3.63, 3.8) is 0 Å². The summed E-state index contributed by atoms with van der Waals surface area (Å²) >= 11 is 0. The van der Waals surface area contributed by atoms with E-state index in [0.717, 1.165) is 5.56 Å². The first-order valence-corrected chi connectivity index (χ1v) is 9.61. The zero-order chi connectivity index (χ0) is 20.6. The van der Waals surface area contributed by atoms with Gasteiger partial charge in [0.2, 0.25) is 5.91 Å². The highest BCUT2D eigenvalue weighted by molar-refractivity contribution is 5.96. The molecule has 0 radical (unpaired) electrons.